The van der Waals surface area contributed by atoms with Gasteiger partial charge in [0.15, 0.2) is 0 Å². The van der Waals surface area contributed by atoms with Crippen LogP contribution in [0.4, 0.5) is 0 Å². The van der Waals surface area contributed by atoms with Crippen molar-refractivity contribution in [2.45, 2.75) is 50.7 Å². The Kier molecular flexibility index (Phi) is 3.27. The topological polar surface area (TPSA) is 61.0 Å². The van der Waals surface area contributed by atoms with E-state index in [4.69, 9.17) is 0 Å². The number of aromatic amines is 1. The molecule has 3 aliphatic rings. The second-order valence-electron chi connectivity index (χ2n) is 5.62. The lowest BCUT2D eigenvalue weighted by Crippen LogP contribution is -2.35. The maximum absolute atomic E-state index is 12.1. The van der Waals surface area contributed by atoms with Crippen LogP contribution in [0.25, 0.3) is 0 Å². The number of fused-ring (bicyclic) bond motifs is 2. The third kappa shape index (κ3) is 1.96. The van der Waals surface area contributed by atoms with E-state index in [1.807, 2.05) is 4.90 Å². The van der Waals surface area contributed by atoms with Gasteiger partial charge in [0, 0.05) is 24.2 Å². The molecule has 4 rings (SSSR count). The molecule has 2 atom stereocenters. The minimum Gasteiger partial charge on any atom is -0.332 e. The van der Waals surface area contributed by atoms with Crippen LogP contribution in [0.2, 0.25) is 0 Å². The van der Waals surface area contributed by atoms with Crippen molar-refractivity contribution in [1.82, 2.24) is 20.4 Å². The number of nitrogens with one attached hydrogen (secondary N) is 2. The first kappa shape index (κ1) is 12.9. The molecule has 5 nitrogen and oxygen atoms in total. The molecule has 0 bridgehead atoms. The number of nitrogens with zero attached hydrogens (tertiary/aromatic N) is 2. The Balaban J connectivity index is 0.00000110. The predicted octanol–water partition coefficient (Wildman–Crippen LogP) is 0.783. The van der Waals surface area contributed by atoms with Crippen molar-refractivity contribution in [3.05, 3.63) is 17.0 Å². The molecule has 3 heterocycles. The number of amides is 1. The van der Waals surface area contributed by atoms with E-state index in [1.165, 1.54) is 17.7 Å². The number of hydrogen-bond acceptors (Lipinski definition) is 3. The van der Waals surface area contributed by atoms with E-state index in [-0.39, 0.29) is 18.3 Å². The molecule has 6 heteroatoms. The molecule has 0 saturated carbocycles. The SMILES string of the molecule is Cl.O=C1C[C@H]2NCC[C@H]2N1Cc1n[nH]c2c1CCC2. The first-order chi connectivity index (χ1) is 8.83. The fraction of sp³-hybridized carbons (Fsp3) is 0.692. The van der Waals surface area contributed by atoms with Gasteiger partial charge in [0.1, 0.15) is 0 Å². The van der Waals surface area contributed by atoms with E-state index in [0.717, 1.165) is 31.5 Å². The van der Waals surface area contributed by atoms with Crippen LogP contribution in [-0.4, -0.2) is 39.6 Å². The molecule has 1 aliphatic carbocycles. The van der Waals surface area contributed by atoms with Gasteiger partial charge < -0.3 is 10.2 Å². The Hall–Kier alpha value is -1.07. The summed E-state index contributed by atoms with van der Waals surface area (Å²) in [4.78, 5) is 14.1. The number of hydrogen-bond donors (Lipinski definition) is 2. The van der Waals surface area contributed by atoms with Crippen molar-refractivity contribution in [2.75, 3.05) is 6.54 Å². The highest BCUT2D eigenvalue weighted by molar-refractivity contribution is 5.85. The average molecular weight is 283 g/mol. The summed E-state index contributed by atoms with van der Waals surface area (Å²) in [6.45, 7) is 1.74. The summed E-state index contributed by atoms with van der Waals surface area (Å²) in [5.41, 5.74) is 3.76. The van der Waals surface area contributed by atoms with E-state index >= 15 is 0 Å². The molecular formula is C13H19ClN4O. The molecule has 0 unspecified atom stereocenters. The van der Waals surface area contributed by atoms with E-state index in [1.54, 1.807) is 0 Å². The third-order valence-electron chi connectivity index (χ3n) is 4.64. The van der Waals surface area contributed by atoms with Crippen LogP contribution in [0, 0.1) is 0 Å². The van der Waals surface area contributed by atoms with Crippen LogP contribution >= 0.6 is 12.4 Å². The number of carbonyl (C=O) groups excluding carboxylic acids is 1. The zero-order chi connectivity index (χ0) is 12.1. The van der Waals surface area contributed by atoms with Crippen molar-refractivity contribution in [3.8, 4) is 0 Å². The van der Waals surface area contributed by atoms with Gasteiger partial charge in [0.05, 0.1) is 12.2 Å². The minimum absolute atomic E-state index is 0. The normalized spacial score (nSPS) is 28.4. The van der Waals surface area contributed by atoms with Crippen LogP contribution in [0.5, 0.6) is 0 Å². The van der Waals surface area contributed by atoms with Crippen LogP contribution < -0.4 is 5.32 Å². The highest BCUT2D eigenvalue weighted by Gasteiger charge is 2.42. The van der Waals surface area contributed by atoms with Crippen molar-refractivity contribution in [1.29, 1.82) is 0 Å². The number of halogens is 1. The highest BCUT2D eigenvalue weighted by Crippen LogP contribution is 2.30. The first-order valence-corrected chi connectivity index (χ1v) is 6.91. The van der Waals surface area contributed by atoms with E-state index in [2.05, 4.69) is 15.5 Å². The molecule has 1 aromatic heterocycles. The monoisotopic (exact) mass is 282 g/mol. The zero-order valence-electron chi connectivity index (χ0n) is 10.8. The maximum Gasteiger partial charge on any atom is 0.224 e. The Morgan fingerprint density at radius 1 is 1.37 bits per heavy atom. The molecule has 2 N–H and O–H groups in total. The Morgan fingerprint density at radius 3 is 3.16 bits per heavy atom. The van der Waals surface area contributed by atoms with Crippen molar-refractivity contribution < 1.29 is 4.79 Å². The molecule has 2 fully saturated rings. The highest BCUT2D eigenvalue weighted by atomic mass is 35.5. The van der Waals surface area contributed by atoms with Crippen LogP contribution in [-0.2, 0) is 24.2 Å². The van der Waals surface area contributed by atoms with Gasteiger partial charge in [-0.2, -0.15) is 5.10 Å². The van der Waals surface area contributed by atoms with E-state index < -0.39 is 0 Å². The summed E-state index contributed by atoms with van der Waals surface area (Å²) >= 11 is 0. The Bertz CT molecular complexity index is 501. The standard InChI is InChI=1S/C13H18N4O.ClH/c18-13-6-10-12(4-5-14-10)17(13)7-11-8-2-1-3-9(8)15-16-11;/h10,12,14H,1-7H2,(H,15,16);1H/t10-,12-;/m1./s1. The molecule has 2 saturated heterocycles. The van der Waals surface area contributed by atoms with Gasteiger partial charge in [0.25, 0.3) is 0 Å². The molecule has 0 aromatic carbocycles. The molecule has 0 spiro atoms. The molecule has 1 amide bonds. The first-order valence-electron chi connectivity index (χ1n) is 6.91. The lowest BCUT2D eigenvalue weighted by atomic mass is 10.1. The van der Waals surface area contributed by atoms with Gasteiger partial charge in [0.2, 0.25) is 5.91 Å². The van der Waals surface area contributed by atoms with Crippen LogP contribution in [0.1, 0.15) is 36.2 Å². The fourth-order valence-corrected chi connectivity index (χ4v) is 3.71. The predicted molar refractivity (Wildman–Crippen MR) is 73.2 cm³/mol. The summed E-state index contributed by atoms with van der Waals surface area (Å²) in [5, 5.41) is 11.0. The molecule has 0 radical (unpaired) electrons. The van der Waals surface area contributed by atoms with Crippen molar-refractivity contribution in [2.24, 2.45) is 0 Å². The summed E-state index contributed by atoms with van der Waals surface area (Å²) in [6, 6.07) is 0.774. The van der Waals surface area contributed by atoms with Crippen LogP contribution in [0.15, 0.2) is 0 Å². The number of rotatable bonds is 2. The largest absolute Gasteiger partial charge is 0.332 e. The van der Waals surface area contributed by atoms with Crippen LogP contribution in [0.3, 0.4) is 0 Å². The van der Waals surface area contributed by atoms with E-state index in [9.17, 15) is 4.79 Å². The summed E-state index contributed by atoms with van der Waals surface area (Å²) in [6.07, 6.45) is 5.21. The minimum atomic E-state index is 0. The average Bonchev–Trinajstić information content (AvgIpc) is 3.04. The zero-order valence-corrected chi connectivity index (χ0v) is 11.6. The van der Waals surface area contributed by atoms with Gasteiger partial charge >= 0.3 is 0 Å². The molecule has 2 aliphatic heterocycles. The third-order valence-corrected chi connectivity index (χ3v) is 4.64. The quantitative estimate of drug-likeness (QED) is 0.843. The van der Waals surface area contributed by atoms with Gasteiger partial charge in [-0.05, 0) is 37.8 Å². The summed E-state index contributed by atoms with van der Waals surface area (Å²) < 4.78 is 0. The van der Waals surface area contributed by atoms with E-state index in [0.29, 0.717) is 25.0 Å². The van der Waals surface area contributed by atoms with Crippen molar-refractivity contribution >= 4 is 18.3 Å². The molecule has 1 aromatic rings. The van der Waals surface area contributed by atoms with Gasteiger partial charge in [-0.25, -0.2) is 0 Å². The number of carbonyl (C=O) groups is 1. The second kappa shape index (κ2) is 4.80. The smallest absolute Gasteiger partial charge is 0.224 e. The van der Waals surface area contributed by atoms with Crippen molar-refractivity contribution in [3.63, 3.8) is 0 Å². The molecular weight excluding hydrogens is 264 g/mol. The van der Waals surface area contributed by atoms with Gasteiger partial charge in [-0.15, -0.1) is 12.4 Å². The van der Waals surface area contributed by atoms with Gasteiger partial charge in [-0.3, -0.25) is 9.89 Å². The summed E-state index contributed by atoms with van der Waals surface area (Å²) in [5.74, 6) is 0.284. The lowest BCUT2D eigenvalue weighted by molar-refractivity contribution is -0.129. The number of aryl methyl sites for hydroxylation is 1. The fourth-order valence-electron chi connectivity index (χ4n) is 3.71. The Labute approximate surface area is 118 Å². The number of likely N-dealkylation sites (tertiary alicyclic amines) is 1. The molecule has 104 valence electrons. The second-order valence-corrected chi connectivity index (χ2v) is 5.62. The number of aromatic nitrogens is 2. The maximum atomic E-state index is 12.1. The lowest BCUT2D eigenvalue weighted by Gasteiger charge is -2.22. The number of H-pyrrole nitrogens is 1. The van der Waals surface area contributed by atoms with Gasteiger partial charge in [-0.1, -0.05) is 0 Å². The Morgan fingerprint density at radius 2 is 2.26 bits per heavy atom. The summed E-state index contributed by atoms with van der Waals surface area (Å²) in [7, 11) is 0. The molecule has 19 heavy (non-hydrogen) atoms.